The Hall–Kier alpha value is -2.02. The lowest BCUT2D eigenvalue weighted by Crippen LogP contribution is -2.50. The molecule has 0 bridgehead atoms. The number of amides is 1. The molecule has 1 atom stereocenters. The van der Waals surface area contributed by atoms with Crippen LogP contribution in [0.5, 0.6) is 0 Å². The monoisotopic (exact) mass is 285 g/mol. The van der Waals surface area contributed by atoms with Gasteiger partial charge in [0.2, 0.25) is 0 Å². The molecule has 20 heavy (non-hydrogen) atoms. The van der Waals surface area contributed by atoms with Crippen LogP contribution < -0.4 is 5.32 Å². The number of hydrogen-bond acceptors (Lipinski definition) is 3. The molecule has 0 radical (unpaired) electrons. The number of ether oxygens (including phenoxy) is 1. The third-order valence-corrected chi connectivity index (χ3v) is 3.14. The van der Waals surface area contributed by atoms with Crippen molar-refractivity contribution in [3.05, 3.63) is 35.4 Å². The number of hydrogen-bond donors (Lipinski definition) is 2. The van der Waals surface area contributed by atoms with Crippen LogP contribution in [0.4, 0.5) is 8.78 Å². The van der Waals surface area contributed by atoms with Gasteiger partial charge >= 0.3 is 5.97 Å². The molecule has 0 aromatic heterocycles. The van der Waals surface area contributed by atoms with Crippen molar-refractivity contribution in [2.24, 2.45) is 0 Å². The zero-order valence-corrected chi connectivity index (χ0v) is 10.5. The maximum absolute atomic E-state index is 13.5. The van der Waals surface area contributed by atoms with E-state index in [1.165, 1.54) is 0 Å². The summed E-state index contributed by atoms with van der Waals surface area (Å²) >= 11 is 0. The van der Waals surface area contributed by atoms with Gasteiger partial charge in [0.1, 0.15) is 11.6 Å². The highest BCUT2D eigenvalue weighted by Crippen LogP contribution is 2.23. The normalized spacial score (nSPS) is 21.7. The highest BCUT2D eigenvalue weighted by atomic mass is 19.1. The first-order valence-corrected chi connectivity index (χ1v) is 5.99. The van der Waals surface area contributed by atoms with Crippen molar-refractivity contribution < 1.29 is 28.2 Å². The summed E-state index contributed by atoms with van der Waals surface area (Å²) in [6.45, 7) is 0.334. The number of carbonyl (C=O) groups is 2. The predicted octanol–water partition coefficient (Wildman–Crippen LogP) is 1.33. The fourth-order valence-electron chi connectivity index (χ4n) is 2.16. The molecule has 5 nitrogen and oxygen atoms in total. The van der Waals surface area contributed by atoms with E-state index in [1.807, 2.05) is 0 Å². The number of halogens is 2. The molecule has 1 aliphatic rings. The molecule has 1 aliphatic heterocycles. The molecule has 1 unspecified atom stereocenters. The third kappa shape index (κ3) is 3.11. The Kier molecular flexibility index (Phi) is 3.99. The number of benzene rings is 1. The minimum Gasteiger partial charge on any atom is -0.481 e. The molecule has 1 heterocycles. The van der Waals surface area contributed by atoms with E-state index >= 15 is 0 Å². The first kappa shape index (κ1) is 14.4. The smallest absolute Gasteiger partial charge is 0.305 e. The van der Waals surface area contributed by atoms with Gasteiger partial charge in [-0.05, 0) is 24.6 Å². The number of rotatable bonds is 4. The van der Waals surface area contributed by atoms with E-state index in [0.29, 0.717) is 13.0 Å². The number of nitrogens with one attached hydrogen (secondary N) is 1. The Balaban J connectivity index is 2.20. The molecule has 108 valence electrons. The average Bonchev–Trinajstić information content (AvgIpc) is 2.79. The maximum atomic E-state index is 13.5. The minimum absolute atomic E-state index is 0.0297. The lowest BCUT2D eigenvalue weighted by atomic mass is 9.93. The minimum atomic E-state index is -1.10. The zero-order valence-electron chi connectivity index (χ0n) is 10.5. The van der Waals surface area contributed by atoms with Gasteiger partial charge in [-0.15, -0.1) is 0 Å². The third-order valence-electron chi connectivity index (χ3n) is 3.14. The van der Waals surface area contributed by atoms with E-state index in [-0.39, 0.29) is 13.0 Å². The van der Waals surface area contributed by atoms with Crippen molar-refractivity contribution in [2.75, 3.05) is 13.2 Å². The summed E-state index contributed by atoms with van der Waals surface area (Å²) in [5.41, 5.74) is -1.54. The average molecular weight is 285 g/mol. The van der Waals surface area contributed by atoms with Crippen molar-refractivity contribution in [1.29, 1.82) is 0 Å². The number of carbonyl (C=O) groups excluding carboxylic acids is 1. The fourth-order valence-corrected chi connectivity index (χ4v) is 2.16. The van der Waals surface area contributed by atoms with Gasteiger partial charge in [0.25, 0.3) is 5.91 Å². The summed E-state index contributed by atoms with van der Waals surface area (Å²) in [4.78, 5) is 22.9. The second kappa shape index (κ2) is 5.54. The molecular weight excluding hydrogens is 272 g/mol. The molecule has 1 fully saturated rings. The van der Waals surface area contributed by atoms with E-state index in [2.05, 4.69) is 5.32 Å². The van der Waals surface area contributed by atoms with Crippen LogP contribution in [0.3, 0.4) is 0 Å². The predicted molar refractivity (Wildman–Crippen MR) is 64.2 cm³/mol. The molecule has 2 rings (SSSR count). The summed E-state index contributed by atoms with van der Waals surface area (Å²) in [7, 11) is 0. The van der Waals surface area contributed by atoms with E-state index in [4.69, 9.17) is 9.84 Å². The van der Waals surface area contributed by atoms with Gasteiger partial charge in [0.15, 0.2) is 0 Å². The van der Waals surface area contributed by atoms with Crippen molar-refractivity contribution >= 4 is 11.9 Å². The Morgan fingerprint density at radius 3 is 2.75 bits per heavy atom. The SMILES string of the molecule is O=C(O)CC1(NC(=O)c2cc(F)ccc2F)CCOC1. The van der Waals surface area contributed by atoms with Crippen LogP contribution >= 0.6 is 0 Å². The number of aliphatic carboxylic acids is 1. The summed E-state index contributed by atoms with van der Waals surface area (Å²) in [6, 6.07) is 2.52. The topological polar surface area (TPSA) is 75.6 Å². The highest BCUT2D eigenvalue weighted by molar-refractivity contribution is 5.95. The van der Waals surface area contributed by atoms with Crippen LogP contribution in [0.25, 0.3) is 0 Å². The largest absolute Gasteiger partial charge is 0.481 e. The van der Waals surface area contributed by atoms with Crippen molar-refractivity contribution in [3.8, 4) is 0 Å². The molecule has 0 spiro atoms. The van der Waals surface area contributed by atoms with Crippen molar-refractivity contribution in [2.45, 2.75) is 18.4 Å². The summed E-state index contributed by atoms with van der Waals surface area (Å²) in [6.07, 6.45) is -0.0301. The molecule has 1 aromatic rings. The van der Waals surface area contributed by atoms with Gasteiger partial charge in [0.05, 0.1) is 24.1 Å². The Labute approximate surface area is 113 Å². The van der Waals surface area contributed by atoms with Gasteiger partial charge in [-0.25, -0.2) is 8.78 Å². The second-order valence-electron chi connectivity index (χ2n) is 4.73. The molecule has 2 N–H and O–H groups in total. The Morgan fingerprint density at radius 2 is 2.15 bits per heavy atom. The first-order valence-electron chi connectivity index (χ1n) is 5.99. The highest BCUT2D eigenvalue weighted by Gasteiger charge is 2.39. The standard InChI is InChI=1S/C13H13F2NO4/c14-8-1-2-10(15)9(5-8)12(19)16-13(6-11(17)18)3-4-20-7-13/h1-2,5H,3-4,6-7H2,(H,16,19)(H,17,18). The van der Waals surface area contributed by atoms with Crippen LogP contribution in [0.15, 0.2) is 18.2 Å². The molecule has 7 heteroatoms. The molecule has 1 amide bonds. The Morgan fingerprint density at radius 1 is 1.40 bits per heavy atom. The lowest BCUT2D eigenvalue weighted by Gasteiger charge is -2.27. The van der Waals surface area contributed by atoms with Crippen molar-refractivity contribution in [3.63, 3.8) is 0 Å². The lowest BCUT2D eigenvalue weighted by molar-refractivity contribution is -0.138. The quantitative estimate of drug-likeness (QED) is 0.875. The summed E-state index contributed by atoms with van der Waals surface area (Å²) < 4.78 is 31.7. The summed E-state index contributed by atoms with van der Waals surface area (Å²) in [5.74, 6) is -3.57. The molecule has 1 saturated heterocycles. The maximum Gasteiger partial charge on any atom is 0.305 e. The summed E-state index contributed by atoms with van der Waals surface area (Å²) in [5, 5.41) is 11.3. The van der Waals surface area contributed by atoms with Crippen LogP contribution in [0.2, 0.25) is 0 Å². The van der Waals surface area contributed by atoms with Crippen LogP contribution in [-0.4, -0.2) is 35.7 Å². The molecule has 0 saturated carbocycles. The Bertz CT molecular complexity index is 541. The molecule has 1 aromatic carbocycles. The van der Waals surface area contributed by atoms with E-state index < -0.39 is 34.6 Å². The second-order valence-corrected chi connectivity index (χ2v) is 4.73. The van der Waals surface area contributed by atoms with E-state index in [9.17, 15) is 18.4 Å². The zero-order chi connectivity index (χ0) is 14.8. The van der Waals surface area contributed by atoms with Gasteiger partial charge < -0.3 is 15.2 Å². The molecular formula is C13H13F2NO4. The van der Waals surface area contributed by atoms with Crippen LogP contribution in [-0.2, 0) is 9.53 Å². The van der Waals surface area contributed by atoms with E-state index in [0.717, 1.165) is 18.2 Å². The van der Waals surface area contributed by atoms with Crippen molar-refractivity contribution in [1.82, 2.24) is 5.32 Å². The first-order chi connectivity index (χ1) is 9.42. The van der Waals surface area contributed by atoms with Crippen LogP contribution in [0, 0.1) is 11.6 Å². The number of carboxylic acid groups (broad SMARTS) is 1. The number of carboxylic acids is 1. The fraction of sp³-hybridized carbons (Fsp3) is 0.385. The van der Waals surface area contributed by atoms with Crippen LogP contribution in [0.1, 0.15) is 23.2 Å². The van der Waals surface area contributed by atoms with Gasteiger partial charge in [-0.1, -0.05) is 0 Å². The molecule has 0 aliphatic carbocycles. The van der Waals surface area contributed by atoms with Gasteiger partial charge in [0, 0.05) is 6.61 Å². The van der Waals surface area contributed by atoms with Gasteiger partial charge in [-0.2, -0.15) is 0 Å². The van der Waals surface area contributed by atoms with E-state index in [1.54, 1.807) is 0 Å². The van der Waals surface area contributed by atoms with Gasteiger partial charge in [-0.3, -0.25) is 9.59 Å².